The van der Waals surface area contributed by atoms with Crippen molar-refractivity contribution in [1.82, 2.24) is 9.97 Å². The minimum absolute atomic E-state index is 0.250. The van der Waals surface area contributed by atoms with Crippen molar-refractivity contribution in [3.63, 3.8) is 0 Å². The zero-order chi connectivity index (χ0) is 19.5. The number of carbonyl (C=O) groups is 1. The van der Waals surface area contributed by atoms with E-state index >= 15 is 0 Å². The quantitative estimate of drug-likeness (QED) is 0.423. The normalized spacial score (nSPS) is 12.6. The van der Waals surface area contributed by atoms with Crippen LogP contribution in [0.2, 0.25) is 0 Å². The van der Waals surface area contributed by atoms with Crippen molar-refractivity contribution in [3.05, 3.63) is 53.2 Å². The molecule has 0 fully saturated rings. The van der Waals surface area contributed by atoms with Crippen LogP contribution in [0, 0.1) is 0 Å². The first-order valence-electron chi connectivity index (χ1n) is 9.04. The van der Waals surface area contributed by atoms with Crippen molar-refractivity contribution in [2.75, 3.05) is 13.4 Å². The number of methoxy groups -OCH3 is 1. The van der Waals surface area contributed by atoms with Crippen molar-refractivity contribution in [3.8, 4) is 22.3 Å². The van der Waals surface area contributed by atoms with E-state index in [1.807, 2.05) is 24.3 Å². The molecule has 0 bridgehead atoms. The Morgan fingerprint density at radius 3 is 2.68 bits per heavy atom. The Morgan fingerprint density at radius 2 is 1.96 bits per heavy atom. The topological polar surface area (TPSA) is 61.3 Å². The maximum Gasteiger partial charge on any atom is 0.309 e. The molecule has 3 aromatic rings. The number of benzene rings is 1. The molecule has 1 aliphatic rings. The number of nitrogens with zero attached hydrogens (tertiary/aromatic N) is 2. The molecule has 0 amide bonds. The number of hydrogen-bond acceptors (Lipinski definition) is 7. The van der Waals surface area contributed by atoms with E-state index in [0.717, 1.165) is 46.8 Å². The van der Waals surface area contributed by atoms with Gasteiger partial charge in [0, 0.05) is 5.56 Å². The first-order valence-corrected chi connectivity index (χ1v) is 11.1. The summed E-state index contributed by atoms with van der Waals surface area (Å²) in [6.45, 7) is 0. The predicted molar refractivity (Wildman–Crippen MR) is 111 cm³/mol. The van der Waals surface area contributed by atoms with Gasteiger partial charge in [0.2, 0.25) is 5.88 Å². The summed E-state index contributed by atoms with van der Waals surface area (Å²) in [4.78, 5) is 22.0. The highest BCUT2D eigenvalue weighted by molar-refractivity contribution is 8.00. The van der Waals surface area contributed by atoms with E-state index < -0.39 is 0 Å². The van der Waals surface area contributed by atoms with Crippen molar-refractivity contribution in [1.29, 1.82) is 0 Å². The molecule has 144 valence electrons. The van der Waals surface area contributed by atoms with Crippen LogP contribution in [0.3, 0.4) is 0 Å². The second kappa shape index (κ2) is 8.32. The standard InChI is InChI=1S/C21H20N2O3S2/c1-25-18(24)12-13-6-8-14(9-7-13)26-21-15-4-3-5-16(15)22-20(23-21)17-10-11-19(27-2)28-17/h6-11H,3-5,12H2,1-2H3. The molecule has 0 atom stereocenters. The van der Waals surface area contributed by atoms with Crippen molar-refractivity contribution in [2.45, 2.75) is 29.9 Å². The fraction of sp³-hybridized carbons (Fsp3) is 0.286. The molecule has 7 heteroatoms. The van der Waals surface area contributed by atoms with Crippen molar-refractivity contribution < 1.29 is 14.3 Å². The van der Waals surface area contributed by atoms with Gasteiger partial charge in [-0.3, -0.25) is 4.79 Å². The minimum Gasteiger partial charge on any atom is -0.469 e. The highest BCUT2D eigenvalue weighted by Gasteiger charge is 2.22. The van der Waals surface area contributed by atoms with Gasteiger partial charge < -0.3 is 9.47 Å². The van der Waals surface area contributed by atoms with Gasteiger partial charge in [-0.1, -0.05) is 12.1 Å². The van der Waals surface area contributed by atoms with E-state index in [2.05, 4.69) is 18.4 Å². The van der Waals surface area contributed by atoms with Crippen LogP contribution in [0.4, 0.5) is 0 Å². The summed E-state index contributed by atoms with van der Waals surface area (Å²) in [6, 6.07) is 11.6. The Bertz CT molecular complexity index is 999. The molecule has 28 heavy (non-hydrogen) atoms. The second-order valence-electron chi connectivity index (χ2n) is 6.45. The van der Waals surface area contributed by atoms with Gasteiger partial charge in [0.05, 0.1) is 28.3 Å². The number of ether oxygens (including phenoxy) is 2. The van der Waals surface area contributed by atoms with Crippen LogP contribution in [0.25, 0.3) is 10.7 Å². The highest BCUT2D eigenvalue weighted by Crippen LogP contribution is 2.36. The maximum atomic E-state index is 11.4. The van der Waals surface area contributed by atoms with E-state index in [0.29, 0.717) is 11.6 Å². The molecule has 0 saturated heterocycles. The van der Waals surface area contributed by atoms with E-state index in [-0.39, 0.29) is 12.4 Å². The molecule has 5 nitrogen and oxygen atoms in total. The molecule has 0 N–H and O–H groups in total. The van der Waals surface area contributed by atoms with Crippen LogP contribution in [0.5, 0.6) is 11.6 Å². The number of fused-ring (bicyclic) bond motifs is 1. The van der Waals surface area contributed by atoms with Gasteiger partial charge in [-0.05, 0) is 55.3 Å². The zero-order valence-electron chi connectivity index (χ0n) is 15.7. The van der Waals surface area contributed by atoms with E-state index in [9.17, 15) is 4.79 Å². The van der Waals surface area contributed by atoms with Crippen LogP contribution in [-0.4, -0.2) is 29.3 Å². The molecule has 0 spiro atoms. The van der Waals surface area contributed by atoms with Crippen molar-refractivity contribution in [2.24, 2.45) is 0 Å². The number of rotatable bonds is 6. The Hall–Kier alpha value is -2.38. The van der Waals surface area contributed by atoms with Gasteiger partial charge in [0.25, 0.3) is 0 Å². The average molecular weight is 413 g/mol. The number of thioether (sulfide) groups is 1. The molecule has 0 aliphatic heterocycles. The van der Waals surface area contributed by atoms with Gasteiger partial charge >= 0.3 is 5.97 Å². The maximum absolute atomic E-state index is 11.4. The van der Waals surface area contributed by atoms with E-state index in [1.165, 1.54) is 11.3 Å². The lowest BCUT2D eigenvalue weighted by Crippen LogP contribution is -2.04. The summed E-state index contributed by atoms with van der Waals surface area (Å²) in [7, 11) is 1.39. The van der Waals surface area contributed by atoms with Gasteiger partial charge in [-0.2, -0.15) is 4.98 Å². The summed E-state index contributed by atoms with van der Waals surface area (Å²) in [5, 5.41) is 0. The Kier molecular flexibility index (Phi) is 5.64. The summed E-state index contributed by atoms with van der Waals surface area (Å²) < 4.78 is 12.1. The Morgan fingerprint density at radius 1 is 1.14 bits per heavy atom. The lowest BCUT2D eigenvalue weighted by Gasteiger charge is -2.11. The SMILES string of the molecule is COC(=O)Cc1ccc(Oc2nc(-c3ccc(SC)s3)nc3c2CCC3)cc1. The molecule has 2 heterocycles. The third kappa shape index (κ3) is 4.05. The van der Waals surface area contributed by atoms with Crippen LogP contribution >= 0.6 is 23.1 Å². The highest BCUT2D eigenvalue weighted by atomic mass is 32.2. The third-order valence-electron chi connectivity index (χ3n) is 4.61. The molecule has 1 aromatic carbocycles. The largest absolute Gasteiger partial charge is 0.469 e. The van der Waals surface area contributed by atoms with Crippen molar-refractivity contribution >= 4 is 29.1 Å². The number of carbonyl (C=O) groups excluding carboxylic acids is 1. The summed E-state index contributed by atoms with van der Waals surface area (Å²) in [5.74, 6) is 1.80. The summed E-state index contributed by atoms with van der Waals surface area (Å²) >= 11 is 3.42. The Labute approximate surface area is 172 Å². The number of hydrogen-bond donors (Lipinski definition) is 0. The predicted octanol–water partition coefficient (Wildman–Crippen LogP) is 4.92. The first kappa shape index (κ1) is 19.0. The number of esters is 1. The molecule has 0 unspecified atom stereocenters. The van der Waals surface area contributed by atoms with E-state index in [4.69, 9.17) is 19.4 Å². The molecular weight excluding hydrogens is 392 g/mol. The zero-order valence-corrected chi connectivity index (χ0v) is 17.4. The van der Waals surface area contributed by atoms with E-state index in [1.54, 1.807) is 23.1 Å². The van der Waals surface area contributed by atoms with Gasteiger partial charge in [-0.15, -0.1) is 23.1 Å². The van der Waals surface area contributed by atoms with Crippen LogP contribution < -0.4 is 4.74 Å². The summed E-state index contributed by atoms with van der Waals surface area (Å²) in [5.41, 5.74) is 3.07. The van der Waals surface area contributed by atoms with Gasteiger partial charge in [-0.25, -0.2) is 4.98 Å². The fourth-order valence-corrected chi connectivity index (χ4v) is 4.65. The van der Waals surface area contributed by atoms with Crippen LogP contribution in [0.1, 0.15) is 23.2 Å². The smallest absolute Gasteiger partial charge is 0.309 e. The molecular formula is C21H20N2O3S2. The van der Waals surface area contributed by atoms with Crippen LogP contribution in [0.15, 0.2) is 40.6 Å². The monoisotopic (exact) mass is 412 g/mol. The van der Waals surface area contributed by atoms with Crippen LogP contribution in [-0.2, 0) is 28.8 Å². The summed E-state index contributed by atoms with van der Waals surface area (Å²) in [6.07, 6.45) is 5.28. The number of thiophene rings is 1. The Balaban J connectivity index is 1.61. The molecule has 0 radical (unpaired) electrons. The lowest BCUT2D eigenvalue weighted by molar-refractivity contribution is -0.139. The van der Waals surface area contributed by atoms with Gasteiger partial charge in [0.1, 0.15) is 5.75 Å². The first-order chi connectivity index (χ1) is 13.7. The van der Waals surface area contributed by atoms with Gasteiger partial charge in [0.15, 0.2) is 5.82 Å². The molecule has 4 rings (SSSR count). The molecule has 2 aromatic heterocycles. The molecule has 1 aliphatic carbocycles. The number of aryl methyl sites for hydroxylation is 1. The average Bonchev–Trinajstić information content (AvgIpc) is 3.38. The third-order valence-corrected chi connectivity index (χ3v) is 6.78. The fourth-order valence-electron chi connectivity index (χ4n) is 3.17. The minimum atomic E-state index is -0.257. The second-order valence-corrected chi connectivity index (χ2v) is 8.64. The lowest BCUT2D eigenvalue weighted by atomic mass is 10.1. The number of aromatic nitrogens is 2. The molecule has 0 saturated carbocycles.